The Morgan fingerprint density at radius 2 is 2.33 bits per heavy atom. The zero-order valence-electron chi connectivity index (χ0n) is 5.26. The van der Waals surface area contributed by atoms with Crippen LogP contribution in [0.25, 0.3) is 0 Å². The minimum absolute atomic E-state index is 0.0522. The second-order valence-corrected chi connectivity index (χ2v) is 5.43. The van der Waals surface area contributed by atoms with E-state index in [9.17, 15) is 0 Å². The van der Waals surface area contributed by atoms with Gasteiger partial charge in [-0.1, -0.05) is 20.7 Å². The maximum absolute atomic E-state index is 8.50. The van der Waals surface area contributed by atoms with Gasteiger partial charge in [-0.3, -0.25) is 0 Å². The van der Waals surface area contributed by atoms with E-state index in [4.69, 9.17) is 10.8 Å². The lowest BCUT2D eigenvalue weighted by molar-refractivity contribution is 0.595. The molecular formula is C6H12INO. The molecule has 0 aromatic heterocycles. The molecule has 9 heavy (non-hydrogen) atoms. The van der Waals surface area contributed by atoms with E-state index in [2.05, 4.69) is 0 Å². The van der Waals surface area contributed by atoms with Crippen molar-refractivity contribution in [3.05, 3.63) is 0 Å². The van der Waals surface area contributed by atoms with Gasteiger partial charge in [0.2, 0.25) is 0 Å². The zero-order valence-corrected chi connectivity index (χ0v) is 7.41. The summed E-state index contributed by atoms with van der Waals surface area (Å²) in [5, 5.41) is 8.50. The van der Waals surface area contributed by atoms with Gasteiger partial charge in [0, 0.05) is 9.97 Å². The number of halogens is 1. The predicted octanol–water partition coefficient (Wildman–Crippen LogP) is 0.969. The van der Waals surface area contributed by atoms with Crippen molar-refractivity contribution in [1.82, 2.24) is 0 Å². The van der Waals surface area contributed by atoms with Gasteiger partial charge in [-0.15, -0.1) is 0 Å². The van der Waals surface area contributed by atoms with Crippen molar-refractivity contribution in [2.45, 2.75) is 29.2 Å². The molecule has 0 saturated heterocycles. The molecule has 1 aliphatic carbocycles. The molecule has 0 aromatic carbocycles. The fourth-order valence-corrected chi connectivity index (χ4v) is 3.27. The van der Waals surface area contributed by atoms with E-state index in [0.29, 0.717) is 6.04 Å². The number of hydrogen-bond donors (Lipinski definition) is 2. The largest absolute Gasteiger partial charge is 0.363 e. The SMILES string of the molecule is N[C@H]1CCC(I=CO)C1. The molecule has 3 heteroatoms. The fraction of sp³-hybridized carbons (Fsp3) is 0.833. The first kappa shape index (κ1) is 7.63. The molecule has 2 atom stereocenters. The third kappa shape index (κ3) is 2.31. The summed E-state index contributed by atoms with van der Waals surface area (Å²) < 4.78 is 2.13. The van der Waals surface area contributed by atoms with Gasteiger partial charge in [0.1, 0.15) is 0 Å². The van der Waals surface area contributed by atoms with E-state index in [1.165, 1.54) is 10.6 Å². The summed E-state index contributed by atoms with van der Waals surface area (Å²) in [5.41, 5.74) is 5.68. The highest BCUT2D eigenvalue weighted by atomic mass is 127. The van der Waals surface area contributed by atoms with Crippen molar-refractivity contribution in [2.24, 2.45) is 5.73 Å². The molecule has 0 bridgehead atoms. The summed E-state index contributed by atoms with van der Waals surface area (Å²) >= 11 is -0.0522. The Hall–Kier alpha value is 0.520. The van der Waals surface area contributed by atoms with Gasteiger partial charge in [-0.25, -0.2) is 0 Å². The van der Waals surface area contributed by atoms with Crippen LogP contribution >= 0.6 is 20.7 Å². The quantitative estimate of drug-likeness (QED) is 0.530. The van der Waals surface area contributed by atoms with E-state index in [-0.39, 0.29) is 20.7 Å². The molecule has 0 spiro atoms. The normalized spacial score (nSPS) is 37.1. The second kappa shape index (κ2) is 3.63. The average Bonchev–Trinajstić information content (AvgIpc) is 2.17. The average molecular weight is 241 g/mol. The highest BCUT2D eigenvalue weighted by Gasteiger charge is 2.19. The highest BCUT2D eigenvalue weighted by molar-refractivity contribution is 14.2. The van der Waals surface area contributed by atoms with Gasteiger partial charge < -0.3 is 10.8 Å². The Morgan fingerprint density at radius 3 is 2.78 bits per heavy atom. The molecule has 0 amide bonds. The summed E-state index contributed by atoms with van der Waals surface area (Å²) in [5.74, 6) is 0. The molecule has 54 valence electrons. The van der Waals surface area contributed by atoms with Crippen LogP contribution in [0.2, 0.25) is 0 Å². The van der Waals surface area contributed by atoms with Crippen molar-refractivity contribution in [3.63, 3.8) is 0 Å². The standard InChI is InChI=1S/C6H12INO/c8-6-2-1-5(3-6)7-4-9/h4-6,9H,1-3,8H2/t5?,6-/m0/s1. The number of rotatable bonds is 1. The first-order valence-electron chi connectivity index (χ1n) is 3.16. The van der Waals surface area contributed by atoms with Crippen LogP contribution in [0.5, 0.6) is 0 Å². The molecule has 1 saturated carbocycles. The maximum Gasteiger partial charge on any atom is 0.0640 e. The van der Waals surface area contributed by atoms with Crippen LogP contribution in [-0.2, 0) is 0 Å². The van der Waals surface area contributed by atoms with Crippen LogP contribution in [-0.4, -0.2) is 19.3 Å². The molecule has 0 aromatic rings. The Balaban J connectivity index is 2.30. The van der Waals surface area contributed by atoms with E-state index >= 15 is 0 Å². The lowest BCUT2D eigenvalue weighted by Crippen LogP contribution is -2.14. The van der Waals surface area contributed by atoms with Crippen LogP contribution < -0.4 is 5.73 Å². The molecule has 1 unspecified atom stereocenters. The minimum atomic E-state index is -0.0522. The Morgan fingerprint density at radius 1 is 1.56 bits per heavy atom. The lowest BCUT2D eigenvalue weighted by Gasteiger charge is -1.98. The molecule has 2 nitrogen and oxygen atoms in total. The number of aliphatic hydroxyl groups excluding tert-OH is 1. The molecule has 1 fully saturated rings. The second-order valence-electron chi connectivity index (χ2n) is 2.39. The molecule has 0 radical (unpaired) electrons. The topological polar surface area (TPSA) is 46.2 Å². The summed E-state index contributed by atoms with van der Waals surface area (Å²) in [6.07, 6.45) is 3.55. The Bertz CT molecular complexity index is 116. The van der Waals surface area contributed by atoms with Crippen molar-refractivity contribution in [2.75, 3.05) is 0 Å². The monoisotopic (exact) mass is 241 g/mol. The molecular weight excluding hydrogens is 229 g/mol. The van der Waals surface area contributed by atoms with Crippen molar-refractivity contribution < 1.29 is 5.11 Å². The highest BCUT2D eigenvalue weighted by Crippen LogP contribution is 2.27. The van der Waals surface area contributed by atoms with E-state index < -0.39 is 0 Å². The van der Waals surface area contributed by atoms with Gasteiger partial charge in [-0.05, 0) is 19.3 Å². The molecule has 3 N–H and O–H groups in total. The minimum Gasteiger partial charge on any atom is -0.363 e. The summed E-state index contributed by atoms with van der Waals surface area (Å²) in [6, 6.07) is 0.426. The van der Waals surface area contributed by atoms with Gasteiger partial charge >= 0.3 is 0 Å². The summed E-state index contributed by atoms with van der Waals surface area (Å²) in [4.78, 5) is 0. The van der Waals surface area contributed by atoms with E-state index in [1.54, 1.807) is 0 Å². The van der Waals surface area contributed by atoms with Crippen LogP contribution in [0.1, 0.15) is 19.3 Å². The van der Waals surface area contributed by atoms with Gasteiger partial charge in [0.15, 0.2) is 0 Å². The van der Waals surface area contributed by atoms with Crippen LogP contribution in [0, 0.1) is 0 Å². The van der Waals surface area contributed by atoms with Gasteiger partial charge in [-0.2, -0.15) is 0 Å². The first-order chi connectivity index (χ1) is 4.33. The van der Waals surface area contributed by atoms with Crippen molar-refractivity contribution in [3.8, 4) is 0 Å². The number of nitrogens with two attached hydrogens (primary N) is 1. The molecule has 0 aliphatic heterocycles. The van der Waals surface area contributed by atoms with Gasteiger partial charge in [0.25, 0.3) is 0 Å². The van der Waals surface area contributed by atoms with Crippen LogP contribution in [0.3, 0.4) is 0 Å². The smallest absolute Gasteiger partial charge is 0.0640 e. The maximum atomic E-state index is 8.50. The van der Waals surface area contributed by atoms with E-state index in [0.717, 1.165) is 16.8 Å². The molecule has 1 aliphatic rings. The lowest BCUT2D eigenvalue weighted by atomic mass is 10.3. The third-order valence-electron chi connectivity index (χ3n) is 1.64. The third-order valence-corrected chi connectivity index (χ3v) is 4.11. The number of hydrogen-bond acceptors (Lipinski definition) is 2. The fourth-order valence-electron chi connectivity index (χ4n) is 1.15. The van der Waals surface area contributed by atoms with Gasteiger partial charge in [0.05, 0.1) is 4.20 Å². The molecule has 0 heterocycles. The number of alkyl halides is 1. The van der Waals surface area contributed by atoms with Crippen LogP contribution in [0.15, 0.2) is 0 Å². The van der Waals surface area contributed by atoms with Crippen molar-refractivity contribution in [1.29, 1.82) is 0 Å². The Labute approximate surface area is 65.2 Å². The van der Waals surface area contributed by atoms with Crippen LogP contribution in [0.4, 0.5) is 0 Å². The number of aliphatic hydroxyl groups is 1. The molecule has 1 rings (SSSR count). The zero-order chi connectivity index (χ0) is 6.69. The van der Waals surface area contributed by atoms with E-state index in [1.807, 2.05) is 0 Å². The predicted molar refractivity (Wildman–Crippen MR) is 47.6 cm³/mol. The first-order valence-corrected chi connectivity index (χ1v) is 5.65. The Kier molecular flexibility index (Phi) is 3.08. The summed E-state index contributed by atoms with van der Waals surface area (Å²) in [7, 11) is 0. The summed E-state index contributed by atoms with van der Waals surface area (Å²) in [6.45, 7) is 0. The van der Waals surface area contributed by atoms with Crippen molar-refractivity contribution >= 4 is 24.9 Å².